The van der Waals surface area contributed by atoms with Gasteiger partial charge in [0.1, 0.15) is 10.1 Å². The van der Waals surface area contributed by atoms with Crippen molar-refractivity contribution in [1.29, 1.82) is 0 Å². The van der Waals surface area contributed by atoms with Crippen LogP contribution < -0.4 is 5.11 Å². The standard InChI is InChI=1S/C13H11NO4S2/c15-9-3-1-2-8(6-9)7-10-12(18)14(13(19)20-10)5-4-11(16)17/h1-3,6-7,15H,4-5H2,(H,16,17)/p-1/b10-7-. The second-order valence-electron chi connectivity index (χ2n) is 4.05. The number of thioether (sulfide) groups is 1. The molecule has 0 bridgehead atoms. The van der Waals surface area contributed by atoms with Crippen molar-refractivity contribution < 1.29 is 19.8 Å². The van der Waals surface area contributed by atoms with E-state index in [1.165, 1.54) is 17.0 Å². The maximum Gasteiger partial charge on any atom is 0.266 e. The van der Waals surface area contributed by atoms with E-state index >= 15 is 0 Å². The van der Waals surface area contributed by atoms with E-state index < -0.39 is 5.97 Å². The number of benzene rings is 1. The number of thiocarbonyl (C=S) groups is 1. The van der Waals surface area contributed by atoms with Crippen molar-refractivity contribution in [2.45, 2.75) is 6.42 Å². The normalized spacial score (nSPS) is 17.0. The van der Waals surface area contributed by atoms with Gasteiger partial charge in [0.05, 0.1) is 4.91 Å². The molecule has 0 aromatic heterocycles. The van der Waals surface area contributed by atoms with E-state index in [2.05, 4.69) is 0 Å². The van der Waals surface area contributed by atoms with Crippen molar-refractivity contribution in [2.24, 2.45) is 0 Å². The summed E-state index contributed by atoms with van der Waals surface area (Å²) in [6.07, 6.45) is 1.35. The van der Waals surface area contributed by atoms with Gasteiger partial charge < -0.3 is 15.0 Å². The number of nitrogens with zero attached hydrogens (tertiary/aromatic N) is 1. The van der Waals surface area contributed by atoms with E-state index in [1.54, 1.807) is 18.2 Å². The summed E-state index contributed by atoms with van der Waals surface area (Å²) >= 11 is 6.16. The molecule has 0 spiro atoms. The van der Waals surface area contributed by atoms with Crippen LogP contribution in [-0.4, -0.2) is 32.7 Å². The first-order chi connectivity index (χ1) is 9.47. The lowest BCUT2D eigenvalue weighted by Gasteiger charge is -2.14. The third kappa shape index (κ3) is 3.37. The van der Waals surface area contributed by atoms with Crippen LogP contribution in [0, 0.1) is 0 Å². The third-order valence-electron chi connectivity index (χ3n) is 2.58. The zero-order valence-corrected chi connectivity index (χ0v) is 11.9. The van der Waals surface area contributed by atoms with E-state index in [9.17, 15) is 19.8 Å². The Kier molecular flexibility index (Phi) is 4.41. The molecule has 7 heteroatoms. The monoisotopic (exact) mass is 308 g/mol. The summed E-state index contributed by atoms with van der Waals surface area (Å²) in [5, 5.41) is 19.8. The summed E-state index contributed by atoms with van der Waals surface area (Å²) in [6, 6.07) is 6.46. The van der Waals surface area contributed by atoms with Crippen LogP contribution in [0.3, 0.4) is 0 Å². The highest BCUT2D eigenvalue weighted by molar-refractivity contribution is 8.26. The van der Waals surface area contributed by atoms with Crippen molar-refractivity contribution >= 4 is 46.3 Å². The second kappa shape index (κ2) is 6.06. The number of amides is 1. The van der Waals surface area contributed by atoms with Gasteiger partial charge in [0.25, 0.3) is 5.91 Å². The minimum absolute atomic E-state index is 0.00434. The van der Waals surface area contributed by atoms with Crippen LogP contribution in [0.5, 0.6) is 5.75 Å². The van der Waals surface area contributed by atoms with Crippen LogP contribution in [-0.2, 0) is 9.59 Å². The molecule has 20 heavy (non-hydrogen) atoms. The molecule has 1 heterocycles. The Bertz CT molecular complexity index is 612. The summed E-state index contributed by atoms with van der Waals surface area (Å²) in [6.45, 7) is 0.00434. The van der Waals surface area contributed by atoms with Gasteiger partial charge in [-0.15, -0.1) is 0 Å². The van der Waals surface area contributed by atoms with Gasteiger partial charge in [-0.05, 0) is 23.8 Å². The number of carbonyl (C=O) groups excluding carboxylic acids is 2. The van der Waals surface area contributed by atoms with Gasteiger partial charge in [-0.3, -0.25) is 9.69 Å². The molecule has 2 rings (SSSR count). The fourth-order valence-corrected chi connectivity index (χ4v) is 2.97. The fraction of sp³-hybridized carbons (Fsp3) is 0.154. The first-order valence-electron chi connectivity index (χ1n) is 5.71. The number of phenols is 1. The van der Waals surface area contributed by atoms with Crippen LogP contribution in [0.2, 0.25) is 0 Å². The van der Waals surface area contributed by atoms with Crippen molar-refractivity contribution in [1.82, 2.24) is 4.90 Å². The van der Waals surface area contributed by atoms with Crippen molar-refractivity contribution in [3.8, 4) is 5.75 Å². The summed E-state index contributed by atoms with van der Waals surface area (Å²) in [5.41, 5.74) is 0.672. The number of aromatic hydroxyl groups is 1. The van der Waals surface area contributed by atoms with Gasteiger partial charge in [0, 0.05) is 18.9 Å². The molecular weight excluding hydrogens is 298 g/mol. The van der Waals surface area contributed by atoms with E-state index in [0.717, 1.165) is 11.8 Å². The lowest BCUT2D eigenvalue weighted by Crippen LogP contribution is -2.33. The number of hydrogen-bond acceptors (Lipinski definition) is 6. The highest BCUT2D eigenvalue weighted by Gasteiger charge is 2.31. The SMILES string of the molecule is O=C([O-])CCN1C(=O)/C(=C/c2cccc(O)c2)SC1=S. The molecular formula is C13H10NO4S2-. The average molecular weight is 308 g/mol. The third-order valence-corrected chi connectivity index (χ3v) is 3.96. The quantitative estimate of drug-likeness (QED) is 0.652. The Balaban J connectivity index is 2.17. The van der Waals surface area contributed by atoms with Crippen molar-refractivity contribution in [3.05, 3.63) is 34.7 Å². The predicted molar refractivity (Wildman–Crippen MR) is 77.6 cm³/mol. The van der Waals surface area contributed by atoms with Crippen LogP contribution in [0.15, 0.2) is 29.2 Å². The summed E-state index contributed by atoms with van der Waals surface area (Å²) in [5.74, 6) is -1.45. The molecule has 1 N–H and O–H groups in total. The maximum atomic E-state index is 12.1. The van der Waals surface area contributed by atoms with Crippen LogP contribution in [0.1, 0.15) is 12.0 Å². The Hall–Kier alpha value is -1.86. The minimum Gasteiger partial charge on any atom is -0.550 e. The summed E-state index contributed by atoms with van der Waals surface area (Å²) in [4.78, 5) is 24.2. The Morgan fingerprint density at radius 1 is 1.50 bits per heavy atom. The van der Waals surface area contributed by atoms with Crippen molar-refractivity contribution in [3.63, 3.8) is 0 Å². The summed E-state index contributed by atoms with van der Waals surface area (Å²) in [7, 11) is 0. The number of carboxylic acids is 1. The fourth-order valence-electron chi connectivity index (χ4n) is 1.66. The largest absolute Gasteiger partial charge is 0.550 e. The van der Waals surface area contributed by atoms with E-state index in [-0.39, 0.29) is 24.6 Å². The number of rotatable bonds is 4. The number of carbonyl (C=O) groups is 2. The molecule has 1 amide bonds. The van der Waals surface area contributed by atoms with Crippen LogP contribution in [0.4, 0.5) is 0 Å². The van der Waals surface area contributed by atoms with E-state index in [4.69, 9.17) is 12.2 Å². The number of hydrogen-bond donors (Lipinski definition) is 1. The molecule has 1 aliphatic heterocycles. The van der Waals surface area contributed by atoms with Gasteiger partial charge in [0.2, 0.25) is 0 Å². The second-order valence-corrected chi connectivity index (χ2v) is 5.73. The first kappa shape index (κ1) is 14.5. The number of carboxylic acid groups (broad SMARTS) is 1. The topological polar surface area (TPSA) is 80.7 Å². The molecule has 1 fully saturated rings. The van der Waals surface area contributed by atoms with Gasteiger partial charge in [-0.1, -0.05) is 36.1 Å². The number of phenolic OH excluding ortho intramolecular Hbond substituents is 1. The Labute approximate surface area is 124 Å². The molecule has 104 valence electrons. The molecule has 0 atom stereocenters. The number of aliphatic carboxylic acids is 1. The molecule has 1 saturated heterocycles. The van der Waals surface area contributed by atoms with Gasteiger partial charge in [-0.2, -0.15) is 0 Å². The lowest BCUT2D eigenvalue weighted by atomic mass is 10.2. The van der Waals surface area contributed by atoms with Crippen LogP contribution in [0.25, 0.3) is 6.08 Å². The lowest BCUT2D eigenvalue weighted by molar-refractivity contribution is -0.305. The maximum absolute atomic E-state index is 12.1. The molecule has 0 saturated carbocycles. The van der Waals surface area contributed by atoms with Crippen molar-refractivity contribution in [2.75, 3.05) is 6.54 Å². The van der Waals surface area contributed by atoms with Gasteiger partial charge in [-0.25, -0.2) is 0 Å². The van der Waals surface area contributed by atoms with Gasteiger partial charge >= 0.3 is 0 Å². The molecule has 0 radical (unpaired) electrons. The van der Waals surface area contributed by atoms with E-state index in [1.807, 2.05) is 0 Å². The minimum atomic E-state index is -1.23. The Morgan fingerprint density at radius 3 is 2.90 bits per heavy atom. The Morgan fingerprint density at radius 2 is 2.25 bits per heavy atom. The zero-order chi connectivity index (χ0) is 14.7. The van der Waals surface area contributed by atoms with E-state index in [0.29, 0.717) is 14.8 Å². The zero-order valence-electron chi connectivity index (χ0n) is 10.2. The smallest absolute Gasteiger partial charge is 0.266 e. The molecule has 5 nitrogen and oxygen atoms in total. The highest BCUT2D eigenvalue weighted by atomic mass is 32.2. The first-order valence-corrected chi connectivity index (χ1v) is 6.94. The molecule has 1 aromatic carbocycles. The average Bonchev–Trinajstić information content (AvgIpc) is 2.62. The molecule has 1 aromatic rings. The highest BCUT2D eigenvalue weighted by Crippen LogP contribution is 2.32. The molecule has 1 aliphatic rings. The summed E-state index contributed by atoms with van der Waals surface area (Å²) < 4.78 is 0.322. The van der Waals surface area contributed by atoms with Gasteiger partial charge in [0.15, 0.2) is 0 Å². The molecule has 0 unspecified atom stereocenters. The molecule has 0 aliphatic carbocycles. The predicted octanol–water partition coefficient (Wildman–Crippen LogP) is 0.733. The van der Waals surface area contributed by atoms with Crippen LogP contribution >= 0.6 is 24.0 Å².